The highest BCUT2D eigenvalue weighted by Gasteiger charge is 2.33. The van der Waals surface area contributed by atoms with E-state index in [4.69, 9.17) is 0 Å². The molecule has 1 amide bonds. The number of fused-ring (bicyclic) bond motifs is 1. The van der Waals surface area contributed by atoms with E-state index in [1.165, 1.54) is 51.6 Å². The molecule has 3 aliphatic rings. The second-order valence-electron chi connectivity index (χ2n) is 6.42. The van der Waals surface area contributed by atoms with E-state index in [-0.39, 0.29) is 11.9 Å². The van der Waals surface area contributed by atoms with Gasteiger partial charge in [-0.15, -0.1) is 0 Å². The van der Waals surface area contributed by atoms with Crippen LogP contribution in [0, 0.1) is 0 Å². The predicted octanol–water partition coefficient (Wildman–Crippen LogP) is 1.26. The SMILES string of the molecule is O=C(NC1CCN2CCCC2C1)C1CCCCCN1. The fraction of sp³-hybridized carbons (Fsp3) is 0.933. The van der Waals surface area contributed by atoms with Gasteiger partial charge in [0.05, 0.1) is 6.04 Å². The van der Waals surface area contributed by atoms with Crippen molar-refractivity contribution in [3.05, 3.63) is 0 Å². The Morgan fingerprint density at radius 1 is 1.05 bits per heavy atom. The Morgan fingerprint density at radius 2 is 2.00 bits per heavy atom. The van der Waals surface area contributed by atoms with Crippen LogP contribution in [0.1, 0.15) is 51.4 Å². The summed E-state index contributed by atoms with van der Waals surface area (Å²) < 4.78 is 0. The van der Waals surface area contributed by atoms with Gasteiger partial charge in [-0.25, -0.2) is 0 Å². The van der Waals surface area contributed by atoms with E-state index in [9.17, 15) is 4.79 Å². The summed E-state index contributed by atoms with van der Waals surface area (Å²) >= 11 is 0. The maximum absolute atomic E-state index is 12.3. The second kappa shape index (κ2) is 6.23. The smallest absolute Gasteiger partial charge is 0.237 e. The van der Waals surface area contributed by atoms with Crippen LogP contribution in [0.25, 0.3) is 0 Å². The molecular weight excluding hydrogens is 238 g/mol. The normalized spacial score (nSPS) is 36.5. The molecule has 19 heavy (non-hydrogen) atoms. The average Bonchev–Trinajstić information content (AvgIpc) is 2.71. The van der Waals surface area contributed by atoms with Gasteiger partial charge in [-0.1, -0.05) is 12.8 Å². The van der Waals surface area contributed by atoms with Crippen molar-refractivity contribution >= 4 is 5.91 Å². The number of rotatable bonds is 2. The summed E-state index contributed by atoms with van der Waals surface area (Å²) in [6, 6.07) is 1.21. The minimum absolute atomic E-state index is 0.0594. The van der Waals surface area contributed by atoms with Crippen LogP contribution in [-0.2, 0) is 4.79 Å². The van der Waals surface area contributed by atoms with Crippen molar-refractivity contribution in [3.8, 4) is 0 Å². The topological polar surface area (TPSA) is 44.4 Å². The van der Waals surface area contributed by atoms with Crippen molar-refractivity contribution in [2.45, 2.75) is 69.5 Å². The van der Waals surface area contributed by atoms with Gasteiger partial charge in [-0.3, -0.25) is 4.79 Å². The Morgan fingerprint density at radius 3 is 2.95 bits per heavy atom. The Hall–Kier alpha value is -0.610. The van der Waals surface area contributed by atoms with Gasteiger partial charge in [0.2, 0.25) is 5.91 Å². The van der Waals surface area contributed by atoms with Crippen LogP contribution in [0.5, 0.6) is 0 Å². The van der Waals surface area contributed by atoms with Gasteiger partial charge >= 0.3 is 0 Å². The molecule has 3 atom stereocenters. The summed E-state index contributed by atoms with van der Waals surface area (Å²) in [7, 11) is 0. The van der Waals surface area contributed by atoms with E-state index in [1.54, 1.807) is 0 Å². The Bertz CT molecular complexity index is 313. The first-order valence-electron chi connectivity index (χ1n) is 8.11. The van der Waals surface area contributed by atoms with Crippen molar-refractivity contribution in [1.82, 2.24) is 15.5 Å². The zero-order valence-corrected chi connectivity index (χ0v) is 11.9. The molecule has 0 aromatic heterocycles. The lowest BCUT2D eigenvalue weighted by atomic mass is 9.97. The third-order valence-electron chi connectivity index (χ3n) is 5.04. The standard InChI is InChI=1S/C15H27N3O/c19-15(14-6-2-1-3-8-16-14)17-12-7-10-18-9-4-5-13(18)11-12/h12-14,16H,1-11H2,(H,17,19). The quantitative estimate of drug-likeness (QED) is 0.790. The minimum Gasteiger partial charge on any atom is -0.352 e. The molecule has 0 aromatic rings. The zero-order valence-electron chi connectivity index (χ0n) is 11.9. The van der Waals surface area contributed by atoms with Gasteiger partial charge in [0, 0.05) is 18.6 Å². The van der Waals surface area contributed by atoms with Crippen LogP contribution in [-0.4, -0.2) is 48.6 Å². The highest BCUT2D eigenvalue weighted by atomic mass is 16.2. The molecular formula is C15H27N3O. The van der Waals surface area contributed by atoms with Crippen molar-refractivity contribution in [1.29, 1.82) is 0 Å². The third-order valence-corrected chi connectivity index (χ3v) is 5.04. The molecule has 3 aliphatic heterocycles. The van der Waals surface area contributed by atoms with E-state index >= 15 is 0 Å². The lowest BCUT2D eigenvalue weighted by Crippen LogP contribution is -2.52. The maximum Gasteiger partial charge on any atom is 0.237 e. The fourth-order valence-electron chi connectivity index (χ4n) is 3.91. The highest BCUT2D eigenvalue weighted by Crippen LogP contribution is 2.26. The molecule has 0 bridgehead atoms. The first-order chi connectivity index (χ1) is 9.33. The minimum atomic E-state index is 0.0594. The van der Waals surface area contributed by atoms with Crippen LogP contribution >= 0.6 is 0 Å². The van der Waals surface area contributed by atoms with Gasteiger partial charge < -0.3 is 15.5 Å². The number of nitrogens with zero attached hydrogens (tertiary/aromatic N) is 1. The van der Waals surface area contributed by atoms with Crippen molar-refractivity contribution in [2.75, 3.05) is 19.6 Å². The van der Waals surface area contributed by atoms with Crippen LogP contribution in [0.15, 0.2) is 0 Å². The molecule has 3 unspecified atom stereocenters. The second-order valence-corrected chi connectivity index (χ2v) is 6.42. The first kappa shape index (κ1) is 13.4. The zero-order chi connectivity index (χ0) is 13.1. The molecule has 2 N–H and O–H groups in total. The summed E-state index contributed by atoms with van der Waals surface area (Å²) in [4.78, 5) is 14.9. The molecule has 0 radical (unpaired) electrons. The lowest BCUT2D eigenvalue weighted by Gasteiger charge is -2.35. The highest BCUT2D eigenvalue weighted by molar-refractivity contribution is 5.82. The van der Waals surface area contributed by atoms with Crippen molar-refractivity contribution in [3.63, 3.8) is 0 Å². The van der Waals surface area contributed by atoms with Gasteiger partial charge in [0.15, 0.2) is 0 Å². The summed E-state index contributed by atoms with van der Waals surface area (Å²) in [6.45, 7) is 3.45. The van der Waals surface area contributed by atoms with E-state index < -0.39 is 0 Å². The molecule has 4 heteroatoms. The van der Waals surface area contributed by atoms with E-state index in [2.05, 4.69) is 15.5 Å². The number of nitrogens with one attached hydrogen (secondary N) is 2. The summed E-state index contributed by atoms with van der Waals surface area (Å²) in [5.41, 5.74) is 0. The van der Waals surface area contributed by atoms with Gasteiger partial charge in [-0.2, -0.15) is 0 Å². The fourth-order valence-corrected chi connectivity index (χ4v) is 3.91. The van der Waals surface area contributed by atoms with Gasteiger partial charge in [-0.05, 0) is 51.6 Å². The van der Waals surface area contributed by atoms with Gasteiger partial charge in [0.25, 0.3) is 0 Å². The Kier molecular flexibility index (Phi) is 4.38. The monoisotopic (exact) mass is 265 g/mol. The maximum atomic E-state index is 12.3. The van der Waals surface area contributed by atoms with E-state index in [1.807, 2.05) is 0 Å². The summed E-state index contributed by atoms with van der Waals surface area (Å²) in [5.74, 6) is 0.248. The predicted molar refractivity (Wildman–Crippen MR) is 76.0 cm³/mol. The van der Waals surface area contributed by atoms with Gasteiger partial charge in [0.1, 0.15) is 0 Å². The molecule has 108 valence electrons. The number of amides is 1. The molecule has 3 fully saturated rings. The Balaban J connectivity index is 1.48. The largest absolute Gasteiger partial charge is 0.352 e. The number of carbonyl (C=O) groups is 1. The summed E-state index contributed by atoms with van der Waals surface area (Å²) in [6.07, 6.45) is 9.64. The van der Waals surface area contributed by atoms with Crippen LogP contribution in [0.2, 0.25) is 0 Å². The number of hydrogen-bond donors (Lipinski definition) is 2. The molecule has 0 aromatic carbocycles. The molecule has 0 spiro atoms. The average molecular weight is 265 g/mol. The van der Waals surface area contributed by atoms with E-state index in [0.717, 1.165) is 25.4 Å². The molecule has 3 rings (SSSR count). The molecule has 3 saturated heterocycles. The van der Waals surface area contributed by atoms with Crippen molar-refractivity contribution < 1.29 is 4.79 Å². The Labute approximate surface area is 116 Å². The van der Waals surface area contributed by atoms with Crippen LogP contribution < -0.4 is 10.6 Å². The summed E-state index contributed by atoms with van der Waals surface area (Å²) in [5, 5.41) is 6.70. The van der Waals surface area contributed by atoms with Crippen LogP contribution in [0.3, 0.4) is 0 Å². The molecule has 0 saturated carbocycles. The van der Waals surface area contributed by atoms with Crippen LogP contribution in [0.4, 0.5) is 0 Å². The molecule has 0 aliphatic carbocycles. The van der Waals surface area contributed by atoms with E-state index in [0.29, 0.717) is 6.04 Å². The first-order valence-corrected chi connectivity index (χ1v) is 8.11. The molecule has 3 heterocycles. The van der Waals surface area contributed by atoms with Crippen molar-refractivity contribution in [2.24, 2.45) is 0 Å². The number of hydrogen-bond acceptors (Lipinski definition) is 3. The number of carbonyl (C=O) groups excluding carboxylic acids is 1. The number of piperidine rings is 1. The third kappa shape index (κ3) is 3.29. The molecule has 4 nitrogen and oxygen atoms in total. The lowest BCUT2D eigenvalue weighted by molar-refractivity contribution is -0.124.